The molecule has 0 aromatic carbocycles. The Morgan fingerprint density at radius 1 is 0.607 bits per heavy atom. The molecule has 0 aliphatic heterocycles. The monoisotopic (exact) mass is 400 g/mol. The van der Waals surface area contributed by atoms with Crippen molar-refractivity contribution in [1.29, 1.82) is 0 Å². The summed E-state index contributed by atoms with van der Waals surface area (Å²) in [7, 11) is 1.48. The molecule has 0 aromatic heterocycles. The maximum atomic E-state index is 15.1. The van der Waals surface area contributed by atoms with Crippen molar-refractivity contribution in [3.05, 3.63) is 0 Å². The van der Waals surface area contributed by atoms with Crippen LogP contribution in [0.25, 0.3) is 0 Å². The van der Waals surface area contributed by atoms with Gasteiger partial charge in [0, 0.05) is 13.0 Å². The van der Waals surface area contributed by atoms with Crippen LogP contribution in [0, 0.1) is 41.4 Å². The average molecular weight is 401 g/mol. The number of halogens is 3. The summed E-state index contributed by atoms with van der Waals surface area (Å²) >= 11 is 0. The molecule has 0 aromatic rings. The summed E-state index contributed by atoms with van der Waals surface area (Å²) in [5.41, 5.74) is 0. The van der Waals surface area contributed by atoms with Crippen LogP contribution < -0.4 is 0 Å². The number of fused-ring (bicyclic) bond motifs is 1. The molecule has 4 aliphatic rings. The average Bonchev–Trinajstić information content (AvgIpc) is 2.71. The van der Waals surface area contributed by atoms with Gasteiger partial charge in [0.25, 0.3) is 0 Å². The van der Waals surface area contributed by atoms with Crippen molar-refractivity contribution in [2.45, 2.75) is 102 Å². The van der Waals surface area contributed by atoms with E-state index in [-0.39, 0.29) is 11.8 Å². The molecule has 0 bridgehead atoms. The van der Waals surface area contributed by atoms with E-state index in [0.717, 1.165) is 37.0 Å². The Balaban J connectivity index is 1.34. The molecule has 4 saturated carbocycles. The molecule has 0 saturated heterocycles. The predicted octanol–water partition coefficient (Wildman–Crippen LogP) is 6.69. The van der Waals surface area contributed by atoms with Gasteiger partial charge >= 0.3 is 0 Å². The predicted molar refractivity (Wildman–Crippen MR) is 106 cm³/mol. The smallest absolute Gasteiger partial charge is 0.137 e. The van der Waals surface area contributed by atoms with E-state index in [2.05, 4.69) is 6.92 Å². The van der Waals surface area contributed by atoms with Gasteiger partial charge in [0.2, 0.25) is 0 Å². The summed E-state index contributed by atoms with van der Waals surface area (Å²) in [6.45, 7) is 2.36. The van der Waals surface area contributed by atoms with Crippen molar-refractivity contribution in [2.24, 2.45) is 41.4 Å². The molecule has 0 amide bonds. The van der Waals surface area contributed by atoms with Crippen LogP contribution in [0.15, 0.2) is 0 Å². The summed E-state index contributed by atoms with van der Waals surface area (Å²) in [6, 6.07) is 0. The molecule has 0 spiro atoms. The Morgan fingerprint density at radius 2 is 1.14 bits per heavy atom. The summed E-state index contributed by atoms with van der Waals surface area (Å²) < 4.78 is 50.0. The summed E-state index contributed by atoms with van der Waals surface area (Å²) in [6.07, 6.45) is 6.95. The van der Waals surface area contributed by atoms with Crippen LogP contribution in [-0.4, -0.2) is 31.7 Å². The SMILES string of the molecule is COC1CCC2C[C@@H](C3CCC(C4CCC(C)CC4)CC3)C(F)C(F)C2C1F. The number of methoxy groups -OCH3 is 1. The van der Waals surface area contributed by atoms with E-state index in [1.807, 2.05) is 0 Å². The summed E-state index contributed by atoms with van der Waals surface area (Å²) in [4.78, 5) is 0. The van der Waals surface area contributed by atoms with Crippen molar-refractivity contribution in [3.63, 3.8) is 0 Å². The van der Waals surface area contributed by atoms with E-state index >= 15 is 8.78 Å². The van der Waals surface area contributed by atoms with Crippen molar-refractivity contribution < 1.29 is 17.9 Å². The Morgan fingerprint density at radius 3 is 1.75 bits per heavy atom. The second kappa shape index (κ2) is 8.86. The third kappa shape index (κ3) is 4.01. The summed E-state index contributed by atoms with van der Waals surface area (Å²) in [5, 5.41) is 0. The molecule has 4 rings (SSSR count). The molecule has 0 N–H and O–H groups in total. The third-order valence-electron chi connectivity index (χ3n) is 9.20. The minimum Gasteiger partial charge on any atom is -0.378 e. The number of ether oxygens (including phenoxy) is 1. The van der Waals surface area contributed by atoms with Crippen molar-refractivity contribution in [2.75, 3.05) is 7.11 Å². The maximum absolute atomic E-state index is 15.1. The number of hydrogen-bond donors (Lipinski definition) is 0. The molecule has 0 radical (unpaired) electrons. The van der Waals surface area contributed by atoms with Crippen LogP contribution in [0.3, 0.4) is 0 Å². The highest BCUT2D eigenvalue weighted by molar-refractivity contribution is 5.02. The first-order valence-electron chi connectivity index (χ1n) is 11.9. The molecule has 4 aliphatic carbocycles. The molecule has 6 unspecified atom stereocenters. The minimum absolute atomic E-state index is 0.00837. The van der Waals surface area contributed by atoms with Crippen LogP contribution in [0.5, 0.6) is 0 Å². The maximum Gasteiger partial charge on any atom is 0.137 e. The Hall–Kier alpha value is -0.250. The second-order valence-corrected chi connectivity index (χ2v) is 10.6. The lowest BCUT2D eigenvalue weighted by Gasteiger charge is -2.49. The molecular weight excluding hydrogens is 361 g/mol. The molecule has 7 atom stereocenters. The highest BCUT2D eigenvalue weighted by atomic mass is 19.2. The topological polar surface area (TPSA) is 9.23 Å². The molecule has 28 heavy (non-hydrogen) atoms. The largest absolute Gasteiger partial charge is 0.378 e. The van der Waals surface area contributed by atoms with E-state index in [9.17, 15) is 4.39 Å². The standard InChI is InChI=1S/C24H39F3O/c1-14-3-5-15(6-4-14)16-7-9-17(10-8-16)19-13-18-11-12-20(28-2)23(26)21(18)24(27)22(19)25/h14-24H,3-13H2,1-2H3/t14?,15?,16?,17?,18?,19-,20?,21?,22?,23?,24?/m0/s1. The van der Waals surface area contributed by atoms with Crippen molar-refractivity contribution in [1.82, 2.24) is 0 Å². The summed E-state index contributed by atoms with van der Waals surface area (Å²) in [5.74, 6) is 1.83. The molecule has 4 heteroatoms. The van der Waals surface area contributed by atoms with Crippen LogP contribution in [-0.2, 0) is 4.74 Å². The lowest BCUT2D eigenvalue weighted by atomic mass is 9.59. The van der Waals surface area contributed by atoms with E-state index < -0.39 is 30.5 Å². The Labute approximate surface area is 169 Å². The lowest BCUT2D eigenvalue weighted by molar-refractivity contribution is -0.124. The number of rotatable bonds is 3. The van der Waals surface area contributed by atoms with Crippen molar-refractivity contribution >= 4 is 0 Å². The first-order valence-corrected chi connectivity index (χ1v) is 11.9. The van der Waals surface area contributed by atoms with Gasteiger partial charge < -0.3 is 4.74 Å². The number of alkyl halides is 3. The van der Waals surface area contributed by atoms with Gasteiger partial charge in [0.1, 0.15) is 18.5 Å². The molecule has 4 fully saturated rings. The van der Waals surface area contributed by atoms with Gasteiger partial charge in [-0.3, -0.25) is 0 Å². The third-order valence-corrected chi connectivity index (χ3v) is 9.20. The molecule has 162 valence electrons. The zero-order valence-corrected chi connectivity index (χ0v) is 17.7. The lowest BCUT2D eigenvalue weighted by Crippen LogP contribution is -2.54. The zero-order chi connectivity index (χ0) is 19.8. The van der Waals surface area contributed by atoms with Gasteiger partial charge in [-0.05, 0) is 93.3 Å². The van der Waals surface area contributed by atoms with Crippen LogP contribution in [0.4, 0.5) is 13.2 Å². The van der Waals surface area contributed by atoms with Gasteiger partial charge in [0.15, 0.2) is 0 Å². The normalized spacial score (nSPS) is 52.8. The van der Waals surface area contributed by atoms with Gasteiger partial charge in [-0.1, -0.05) is 19.8 Å². The van der Waals surface area contributed by atoms with Crippen LogP contribution in [0.1, 0.15) is 77.6 Å². The van der Waals surface area contributed by atoms with Crippen molar-refractivity contribution in [3.8, 4) is 0 Å². The van der Waals surface area contributed by atoms with E-state index in [1.54, 1.807) is 0 Å². The number of hydrogen-bond acceptors (Lipinski definition) is 1. The highest BCUT2D eigenvalue weighted by Gasteiger charge is 2.54. The van der Waals surface area contributed by atoms with Gasteiger partial charge in [0.05, 0.1) is 6.10 Å². The second-order valence-electron chi connectivity index (χ2n) is 10.6. The van der Waals surface area contributed by atoms with Crippen LogP contribution >= 0.6 is 0 Å². The zero-order valence-electron chi connectivity index (χ0n) is 17.7. The fraction of sp³-hybridized carbons (Fsp3) is 1.00. The fourth-order valence-electron chi connectivity index (χ4n) is 7.38. The molecule has 0 heterocycles. The van der Waals surface area contributed by atoms with E-state index in [1.165, 1.54) is 45.6 Å². The first kappa shape index (κ1) is 21.0. The molecular formula is C24H39F3O. The van der Waals surface area contributed by atoms with Crippen LogP contribution in [0.2, 0.25) is 0 Å². The fourth-order valence-corrected chi connectivity index (χ4v) is 7.38. The minimum atomic E-state index is -1.66. The quantitative estimate of drug-likeness (QED) is 0.512. The van der Waals surface area contributed by atoms with Gasteiger partial charge in [-0.25, -0.2) is 13.2 Å². The Kier molecular flexibility index (Phi) is 6.64. The first-order chi connectivity index (χ1) is 13.5. The van der Waals surface area contributed by atoms with Gasteiger partial charge in [-0.2, -0.15) is 0 Å². The van der Waals surface area contributed by atoms with E-state index in [0.29, 0.717) is 18.8 Å². The van der Waals surface area contributed by atoms with Gasteiger partial charge in [-0.15, -0.1) is 0 Å². The molecule has 1 nitrogen and oxygen atoms in total. The highest BCUT2D eigenvalue weighted by Crippen LogP contribution is 2.52. The van der Waals surface area contributed by atoms with E-state index in [4.69, 9.17) is 4.74 Å². The Bertz CT molecular complexity index is 496.